The molecule has 4 rings (SSSR count). The van der Waals surface area contributed by atoms with Crippen LogP contribution in [0.1, 0.15) is 25.3 Å². The Morgan fingerprint density at radius 2 is 1.55 bits per heavy atom. The normalized spacial score (nSPS) is 15.6. The van der Waals surface area contributed by atoms with E-state index in [2.05, 4.69) is 29.0 Å². The van der Waals surface area contributed by atoms with Gasteiger partial charge in [0.25, 0.3) is 0 Å². The average molecular weight is 437 g/mol. The number of imide groups is 1. The molecule has 1 N–H and O–H groups in total. The van der Waals surface area contributed by atoms with Gasteiger partial charge in [-0.05, 0) is 52.9 Å². The highest BCUT2D eigenvalue weighted by Gasteiger charge is 2.30. The molecule has 1 saturated heterocycles. The minimum atomic E-state index is -3.70. The van der Waals surface area contributed by atoms with Crippen molar-refractivity contribution in [1.82, 2.24) is 4.72 Å². The Morgan fingerprint density at radius 1 is 0.903 bits per heavy atom. The van der Waals surface area contributed by atoms with Gasteiger partial charge in [-0.15, -0.1) is 0 Å². The Morgan fingerprint density at radius 3 is 2.26 bits per heavy atom. The third kappa shape index (κ3) is 4.52. The molecule has 1 atom stereocenters. The second-order valence-electron chi connectivity index (χ2n) is 7.92. The van der Waals surface area contributed by atoms with Gasteiger partial charge in [0.15, 0.2) is 0 Å². The number of fused-ring (bicyclic) bond motifs is 1. The van der Waals surface area contributed by atoms with Gasteiger partial charge in [0.05, 0.1) is 10.6 Å². The molecule has 3 aromatic rings. The van der Waals surface area contributed by atoms with Gasteiger partial charge in [-0.1, -0.05) is 49.4 Å². The van der Waals surface area contributed by atoms with Crippen molar-refractivity contribution in [2.45, 2.75) is 31.1 Å². The number of nitrogens with zero attached hydrogens (tertiary/aromatic N) is 1. The summed E-state index contributed by atoms with van der Waals surface area (Å²) in [5.74, 6) is -0.429. The molecule has 1 aliphatic rings. The van der Waals surface area contributed by atoms with Crippen LogP contribution in [-0.4, -0.2) is 26.8 Å². The van der Waals surface area contributed by atoms with Crippen LogP contribution in [0, 0.1) is 5.92 Å². The number of nitrogens with one attached hydrogen (secondary N) is 1. The van der Waals surface area contributed by atoms with Crippen LogP contribution < -0.4 is 9.62 Å². The monoisotopic (exact) mass is 436 g/mol. The molecule has 0 aliphatic carbocycles. The first-order valence-electron chi connectivity index (χ1n) is 10.3. The topological polar surface area (TPSA) is 83.6 Å². The minimum Gasteiger partial charge on any atom is -0.274 e. The van der Waals surface area contributed by atoms with E-state index < -0.39 is 10.0 Å². The summed E-state index contributed by atoms with van der Waals surface area (Å²) < 4.78 is 28.1. The van der Waals surface area contributed by atoms with Crippen molar-refractivity contribution in [1.29, 1.82) is 0 Å². The lowest BCUT2D eigenvalue weighted by atomic mass is 9.96. The number of amides is 2. The van der Waals surface area contributed by atoms with Gasteiger partial charge in [0.1, 0.15) is 0 Å². The second-order valence-corrected chi connectivity index (χ2v) is 9.68. The summed E-state index contributed by atoms with van der Waals surface area (Å²) in [6, 6.07) is 20.2. The summed E-state index contributed by atoms with van der Waals surface area (Å²) in [6.07, 6.45) is 1.13. The van der Waals surface area contributed by atoms with Gasteiger partial charge >= 0.3 is 0 Å². The molecule has 0 unspecified atom stereocenters. The van der Waals surface area contributed by atoms with Crippen LogP contribution in [0.2, 0.25) is 0 Å². The first kappa shape index (κ1) is 21.2. The highest BCUT2D eigenvalue weighted by molar-refractivity contribution is 7.89. The van der Waals surface area contributed by atoms with Crippen LogP contribution in [0.3, 0.4) is 0 Å². The molecule has 0 bridgehead atoms. The molecule has 0 saturated carbocycles. The van der Waals surface area contributed by atoms with Gasteiger partial charge in [-0.2, -0.15) is 0 Å². The van der Waals surface area contributed by atoms with Crippen LogP contribution in [-0.2, 0) is 26.0 Å². The Hall–Kier alpha value is -3.03. The molecule has 0 radical (unpaired) electrons. The molecule has 0 aromatic heterocycles. The quantitative estimate of drug-likeness (QED) is 0.573. The standard InChI is InChI=1S/C24H24N2O4S/c1-17(15-19-7-4-6-18-5-2-3-8-22(18)19)16-25-31(29,30)21-11-9-20(10-12-21)26-23(27)13-14-24(26)28/h2-12,17,25H,13-16H2,1H3/t17-/m0/s1. The molecule has 2 amide bonds. The predicted octanol–water partition coefficient (Wildman–Crippen LogP) is 3.65. The molecular weight excluding hydrogens is 412 g/mol. The molecule has 7 heteroatoms. The van der Waals surface area contributed by atoms with Gasteiger partial charge < -0.3 is 0 Å². The smallest absolute Gasteiger partial charge is 0.240 e. The number of benzene rings is 3. The zero-order chi connectivity index (χ0) is 22.0. The van der Waals surface area contributed by atoms with Crippen LogP contribution in [0.5, 0.6) is 0 Å². The van der Waals surface area contributed by atoms with Crippen LogP contribution >= 0.6 is 0 Å². The van der Waals surface area contributed by atoms with Crippen molar-refractivity contribution >= 4 is 38.3 Å². The van der Waals surface area contributed by atoms with E-state index in [0.717, 1.165) is 11.3 Å². The summed E-state index contributed by atoms with van der Waals surface area (Å²) >= 11 is 0. The maximum Gasteiger partial charge on any atom is 0.240 e. The number of hydrogen-bond acceptors (Lipinski definition) is 4. The molecule has 1 heterocycles. The Balaban J connectivity index is 1.41. The lowest BCUT2D eigenvalue weighted by Crippen LogP contribution is -2.30. The van der Waals surface area contributed by atoms with Gasteiger partial charge in [-0.3, -0.25) is 14.5 Å². The number of carbonyl (C=O) groups excluding carboxylic acids is 2. The Kier molecular flexibility index (Phi) is 5.89. The van der Waals surface area contributed by atoms with Crippen molar-refractivity contribution in [3.8, 4) is 0 Å². The summed E-state index contributed by atoms with van der Waals surface area (Å²) in [7, 11) is -3.70. The number of hydrogen-bond donors (Lipinski definition) is 1. The fraction of sp³-hybridized carbons (Fsp3) is 0.250. The van der Waals surface area contributed by atoms with Crippen molar-refractivity contribution < 1.29 is 18.0 Å². The maximum absolute atomic E-state index is 12.7. The van der Waals surface area contributed by atoms with Crippen molar-refractivity contribution in [2.24, 2.45) is 5.92 Å². The SMILES string of the molecule is C[C@H](CNS(=O)(=O)c1ccc(N2C(=O)CCC2=O)cc1)Cc1cccc2ccccc12. The minimum absolute atomic E-state index is 0.0969. The molecule has 0 spiro atoms. The zero-order valence-electron chi connectivity index (χ0n) is 17.2. The fourth-order valence-electron chi connectivity index (χ4n) is 3.89. The second kappa shape index (κ2) is 8.61. The summed E-state index contributed by atoms with van der Waals surface area (Å²) in [6.45, 7) is 2.31. The molecule has 160 valence electrons. The number of carbonyl (C=O) groups is 2. The fourth-order valence-corrected chi connectivity index (χ4v) is 5.06. The molecule has 3 aromatic carbocycles. The van der Waals surface area contributed by atoms with E-state index in [1.54, 1.807) is 0 Å². The third-order valence-electron chi connectivity index (χ3n) is 5.53. The van der Waals surface area contributed by atoms with E-state index >= 15 is 0 Å². The number of anilines is 1. The van der Waals surface area contributed by atoms with Gasteiger partial charge in [-0.25, -0.2) is 13.1 Å². The first-order chi connectivity index (χ1) is 14.8. The molecule has 6 nitrogen and oxygen atoms in total. The van der Waals surface area contributed by atoms with E-state index in [0.29, 0.717) is 12.2 Å². The first-order valence-corrected chi connectivity index (χ1v) is 11.8. The van der Waals surface area contributed by atoms with E-state index in [-0.39, 0.29) is 35.5 Å². The predicted molar refractivity (Wildman–Crippen MR) is 120 cm³/mol. The molecular formula is C24H24N2O4S. The lowest BCUT2D eigenvalue weighted by molar-refractivity contribution is -0.121. The molecule has 31 heavy (non-hydrogen) atoms. The van der Waals surface area contributed by atoms with Crippen molar-refractivity contribution in [2.75, 3.05) is 11.4 Å². The van der Waals surface area contributed by atoms with Crippen LogP contribution in [0.25, 0.3) is 10.8 Å². The summed E-state index contributed by atoms with van der Waals surface area (Å²) in [5, 5.41) is 2.35. The van der Waals surface area contributed by atoms with E-state index in [1.807, 2.05) is 25.1 Å². The number of rotatable bonds is 7. The Labute approximate surface area is 181 Å². The largest absolute Gasteiger partial charge is 0.274 e. The van der Waals surface area contributed by atoms with E-state index in [9.17, 15) is 18.0 Å². The maximum atomic E-state index is 12.7. The Bertz CT molecular complexity index is 1210. The average Bonchev–Trinajstić information content (AvgIpc) is 3.11. The highest BCUT2D eigenvalue weighted by atomic mass is 32.2. The summed E-state index contributed by atoms with van der Waals surface area (Å²) in [4.78, 5) is 24.9. The van der Waals surface area contributed by atoms with E-state index in [4.69, 9.17) is 0 Å². The van der Waals surface area contributed by atoms with Gasteiger partial charge in [0.2, 0.25) is 21.8 Å². The summed E-state index contributed by atoms with van der Waals surface area (Å²) in [5.41, 5.74) is 1.59. The lowest BCUT2D eigenvalue weighted by Gasteiger charge is -2.16. The van der Waals surface area contributed by atoms with Crippen LogP contribution in [0.15, 0.2) is 71.6 Å². The number of sulfonamides is 1. The third-order valence-corrected chi connectivity index (χ3v) is 6.97. The van der Waals surface area contributed by atoms with Crippen molar-refractivity contribution in [3.63, 3.8) is 0 Å². The van der Waals surface area contributed by atoms with Crippen molar-refractivity contribution in [3.05, 3.63) is 72.3 Å². The zero-order valence-corrected chi connectivity index (χ0v) is 18.1. The molecule has 1 aliphatic heterocycles. The highest BCUT2D eigenvalue weighted by Crippen LogP contribution is 2.24. The van der Waals surface area contributed by atoms with Crippen LogP contribution in [0.4, 0.5) is 5.69 Å². The van der Waals surface area contributed by atoms with E-state index in [1.165, 1.54) is 40.6 Å². The molecule has 1 fully saturated rings. The van der Waals surface area contributed by atoms with Gasteiger partial charge in [0, 0.05) is 19.4 Å².